The highest BCUT2D eigenvalue weighted by atomic mass is 16.1. The molecule has 0 saturated carbocycles. The topological polar surface area (TPSA) is 119 Å². The van der Waals surface area contributed by atoms with Gasteiger partial charge in [0.05, 0.1) is 0 Å². The van der Waals surface area contributed by atoms with Crippen molar-refractivity contribution in [2.24, 2.45) is 11.6 Å². The van der Waals surface area contributed by atoms with Gasteiger partial charge in [0.1, 0.15) is 17.5 Å². The van der Waals surface area contributed by atoms with Gasteiger partial charge in [-0.05, 0) is 27.2 Å². The summed E-state index contributed by atoms with van der Waals surface area (Å²) in [5, 5.41) is 3.24. The van der Waals surface area contributed by atoms with Crippen LogP contribution in [0.5, 0.6) is 0 Å². The first-order valence-corrected chi connectivity index (χ1v) is 6.69. The Balaban J connectivity index is 3.09. The van der Waals surface area contributed by atoms with Crippen molar-refractivity contribution in [2.75, 3.05) is 10.7 Å². The first-order chi connectivity index (χ1) is 9.29. The SMILES string of the molecule is CCCc1nc(NN)c(C)c(NC(C)(C)CC(N)=O)n1. The predicted octanol–water partition coefficient (Wildman–Crippen LogP) is 1.09. The molecule has 1 rings (SSSR count). The molecule has 0 aliphatic carbocycles. The van der Waals surface area contributed by atoms with Crippen LogP contribution < -0.4 is 22.3 Å². The number of hydrazine groups is 1. The molecule has 0 unspecified atom stereocenters. The second-order valence-electron chi connectivity index (χ2n) is 5.51. The molecule has 0 saturated heterocycles. The largest absolute Gasteiger partial charge is 0.370 e. The van der Waals surface area contributed by atoms with Crippen LogP contribution in [0.3, 0.4) is 0 Å². The summed E-state index contributed by atoms with van der Waals surface area (Å²) in [6.45, 7) is 7.72. The number of hydrogen-bond donors (Lipinski definition) is 4. The maximum atomic E-state index is 11.1. The Morgan fingerprint density at radius 2 is 1.90 bits per heavy atom. The van der Waals surface area contributed by atoms with E-state index < -0.39 is 5.54 Å². The van der Waals surface area contributed by atoms with Gasteiger partial charge in [-0.25, -0.2) is 15.8 Å². The number of aryl methyl sites for hydroxylation is 1. The fraction of sp³-hybridized carbons (Fsp3) is 0.615. The molecule has 1 amide bonds. The number of rotatable bonds is 7. The Hall–Kier alpha value is -1.89. The Morgan fingerprint density at radius 1 is 1.30 bits per heavy atom. The molecular formula is C13H24N6O. The molecule has 20 heavy (non-hydrogen) atoms. The minimum Gasteiger partial charge on any atom is -0.370 e. The smallest absolute Gasteiger partial charge is 0.219 e. The standard InChI is InChI=1S/C13H24N6O/c1-5-6-10-16-11(8(2)12(17-10)19-15)18-13(3,4)7-9(14)20/h5-7,15H2,1-4H3,(H2,14,20)(H2,16,17,18,19). The van der Waals surface area contributed by atoms with Crippen LogP contribution in [-0.2, 0) is 11.2 Å². The lowest BCUT2D eigenvalue weighted by Crippen LogP contribution is -2.36. The first-order valence-electron chi connectivity index (χ1n) is 6.69. The molecule has 1 aromatic rings. The third-order valence-electron chi connectivity index (χ3n) is 2.88. The van der Waals surface area contributed by atoms with Gasteiger partial charge in [0.25, 0.3) is 0 Å². The Labute approximate surface area is 119 Å². The van der Waals surface area contributed by atoms with Crippen molar-refractivity contribution in [3.63, 3.8) is 0 Å². The molecule has 0 radical (unpaired) electrons. The second kappa shape index (κ2) is 6.51. The van der Waals surface area contributed by atoms with Crippen LogP contribution in [-0.4, -0.2) is 21.4 Å². The lowest BCUT2D eigenvalue weighted by molar-refractivity contribution is -0.118. The molecule has 0 aliphatic rings. The van der Waals surface area contributed by atoms with Crippen molar-refractivity contribution >= 4 is 17.5 Å². The maximum absolute atomic E-state index is 11.1. The van der Waals surface area contributed by atoms with E-state index in [2.05, 4.69) is 27.6 Å². The normalized spacial score (nSPS) is 11.2. The Kier molecular flexibility index (Phi) is 5.26. The second-order valence-corrected chi connectivity index (χ2v) is 5.51. The van der Waals surface area contributed by atoms with Crippen LogP contribution >= 0.6 is 0 Å². The molecule has 7 nitrogen and oxygen atoms in total. The zero-order valence-corrected chi connectivity index (χ0v) is 12.6. The van der Waals surface area contributed by atoms with Gasteiger partial charge in [0, 0.05) is 23.9 Å². The quantitative estimate of drug-likeness (QED) is 0.438. The minimum absolute atomic E-state index is 0.213. The van der Waals surface area contributed by atoms with Gasteiger partial charge in [0.2, 0.25) is 5.91 Å². The molecule has 0 aromatic carbocycles. The van der Waals surface area contributed by atoms with E-state index in [0.717, 1.165) is 18.4 Å². The third-order valence-corrected chi connectivity index (χ3v) is 2.88. The van der Waals surface area contributed by atoms with E-state index in [4.69, 9.17) is 11.6 Å². The summed E-state index contributed by atoms with van der Waals surface area (Å²) in [5.74, 6) is 7.09. The number of aromatic nitrogens is 2. The van der Waals surface area contributed by atoms with Crippen LogP contribution in [0.2, 0.25) is 0 Å². The summed E-state index contributed by atoms with van der Waals surface area (Å²) in [6.07, 6.45) is 1.92. The predicted molar refractivity (Wildman–Crippen MR) is 80.1 cm³/mol. The Morgan fingerprint density at radius 3 is 2.40 bits per heavy atom. The zero-order valence-electron chi connectivity index (χ0n) is 12.6. The molecule has 112 valence electrons. The average molecular weight is 280 g/mol. The van der Waals surface area contributed by atoms with Crippen LogP contribution in [0.15, 0.2) is 0 Å². The number of nitrogens with two attached hydrogens (primary N) is 2. The molecular weight excluding hydrogens is 256 g/mol. The highest BCUT2D eigenvalue weighted by Gasteiger charge is 2.23. The molecule has 0 bridgehead atoms. The lowest BCUT2D eigenvalue weighted by atomic mass is 10.00. The number of amides is 1. The summed E-state index contributed by atoms with van der Waals surface area (Å²) in [6, 6.07) is 0. The van der Waals surface area contributed by atoms with E-state index in [0.29, 0.717) is 17.5 Å². The number of primary amides is 1. The number of anilines is 2. The summed E-state index contributed by atoms with van der Waals surface area (Å²) >= 11 is 0. The van der Waals surface area contributed by atoms with Crippen molar-refractivity contribution in [3.05, 3.63) is 11.4 Å². The van der Waals surface area contributed by atoms with Gasteiger partial charge in [-0.3, -0.25) is 4.79 Å². The molecule has 1 heterocycles. The van der Waals surface area contributed by atoms with Crippen LogP contribution in [0.1, 0.15) is 45.0 Å². The summed E-state index contributed by atoms with van der Waals surface area (Å²) in [5.41, 5.74) is 8.16. The van der Waals surface area contributed by atoms with E-state index in [-0.39, 0.29) is 12.3 Å². The minimum atomic E-state index is -0.486. The van der Waals surface area contributed by atoms with Crippen LogP contribution in [0.4, 0.5) is 11.6 Å². The molecule has 1 aromatic heterocycles. The van der Waals surface area contributed by atoms with Crippen molar-refractivity contribution in [1.82, 2.24) is 9.97 Å². The molecule has 0 fully saturated rings. The van der Waals surface area contributed by atoms with Crippen LogP contribution in [0.25, 0.3) is 0 Å². The average Bonchev–Trinajstić information content (AvgIpc) is 2.31. The Bertz CT molecular complexity index is 486. The van der Waals surface area contributed by atoms with E-state index >= 15 is 0 Å². The number of nitrogens with zero attached hydrogens (tertiary/aromatic N) is 2. The van der Waals surface area contributed by atoms with Crippen molar-refractivity contribution in [2.45, 2.75) is 52.5 Å². The van der Waals surface area contributed by atoms with Gasteiger partial charge in [-0.15, -0.1) is 0 Å². The highest BCUT2D eigenvalue weighted by Crippen LogP contribution is 2.24. The van der Waals surface area contributed by atoms with Crippen LogP contribution in [0, 0.1) is 6.92 Å². The van der Waals surface area contributed by atoms with E-state index in [1.165, 1.54) is 0 Å². The van der Waals surface area contributed by atoms with E-state index in [1.54, 1.807) is 0 Å². The number of nitrogen functional groups attached to an aromatic ring is 1. The fourth-order valence-corrected chi connectivity index (χ4v) is 1.96. The van der Waals surface area contributed by atoms with Gasteiger partial charge in [0.15, 0.2) is 0 Å². The van der Waals surface area contributed by atoms with Gasteiger partial charge >= 0.3 is 0 Å². The number of nitrogens with one attached hydrogen (secondary N) is 2. The maximum Gasteiger partial charge on any atom is 0.219 e. The number of carbonyl (C=O) groups is 1. The summed E-state index contributed by atoms with van der Waals surface area (Å²) < 4.78 is 0. The van der Waals surface area contributed by atoms with Crippen molar-refractivity contribution in [1.29, 1.82) is 0 Å². The molecule has 6 N–H and O–H groups in total. The third kappa shape index (κ3) is 4.34. The number of carbonyl (C=O) groups excluding carboxylic acids is 1. The van der Waals surface area contributed by atoms with Gasteiger partial charge in [-0.1, -0.05) is 6.92 Å². The van der Waals surface area contributed by atoms with E-state index in [1.807, 2.05) is 20.8 Å². The lowest BCUT2D eigenvalue weighted by Gasteiger charge is -2.27. The summed E-state index contributed by atoms with van der Waals surface area (Å²) in [7, 11) is 0. The molecule has 0 aliphatic heterocycles. The molecule has 0 spiro atoms. The highest BCUT2D eigenvalue weighted by molar-refractivity contribution is 5.75. The first kappa shape index (κ1) is 16.2. The summed E-state index contributed by atoms with van der Waals surface area (Å²) in [4.78, 5) is 19.9. The van der Waals surface area contributed by atoms with Gasteiger partial charge in [-0.2, -0.15) is 0 Å². The zero-order chi connectivity index (χ0) is 15.3. The van der Waals surface area contributed by atoms with Gasteiger partial charge < -0.3 is 16.5 Å². The van der Waals surface area contributed by atoms with Crippen molar-refractivity contribution < 1.29 is 4.79 Å². The number of hydrogen-bond acceptors (Lipinski definition) is 6. The molecule has 0 atom stereocenters. The fourth-order valence-electron chi connectivity index (χ4n) is 1.96. The molecule has 7 heteroatoms. The van der Waals surface area contributed by atoms with Crippen molar-refractivity contribution in [3.8, 4) is 0 Å². The van der Waals surface area contributed by atoms with E-state index in [9.17, 15) is 4.79 Å². The monoisotopic (exact) mass is 280 g/mol.